The van der Waals surface area contributed by atoms with Gasteiger partial charge in [-0.25, -0.2) is 4.79 Å². The summed E-state index contributed by atoms with van der Waals surface area (Å²) in [4.78, 5) is 49.5. The zero-order chi connectivity index (χ0) is 29.4. The van der Waals surface area contributed by atoms with Crippen LogP contribution in [0.1, 0.15) is 93.1 Å². The summed E-state index contributed by atoms with van der Waals surface area (Å²) in [6.07, 6.45) is -0.955. The molecule has 10 nitrogen and oxygen atoms in total. The van der Waals surface area contributed by atoms with Crippen LogP contribution in [0.25, 0.3) is 0 Å². The third kappa shape index (κ3) is 9.31. The summed E-state index contributed by atoms with van der Waals surface area (Å²) in [6.45, 7) is 15.6. The molecule has 0 spiro atoms. The van der Waals surface area contributed by atoms with Crippen molar-refractivity contribution >= 4 is 24.1 Å². The molecule has 1 aromatic rings. The molecule has 0 aromatic heterocycles. The maximum atomic E-state index is 12.9. The zero-order valence-electron chi connectivity index (χ0n) is 24.0. The Morgan fingerprint density at radius 2 is 1.37 bits per heavy atom. The smallest absolute Gasteiger partial charge is 0.480 e. The van der Waals surface area contributed by atoms with Crippen molar-refractivity contribution in [3.05, 3.63) is 23.8 Å². The minimum absolute atomic E-state index is 0.0213. The number of carboxylic acids is 1. The van der Waals surface area contributed by atoms with Crippen LogP contribution in [0.2, 0.25) is 0 Å². The summed E-state index contributed by atoms with van der Waals surface area (Å²) < 4.78 is 21.6. The molecule has 0 amide bonds. The highest BCUT2D eigenvalue weighted by Gasteiger charge is 2.34. The average Bonchev–Trinajstić information content (AvgIpc) is 2.82. The summed E-state index contributed by atoms with van der Waals surface area (Å²) >= 11 is 0. The number of esters is 2. The van der Waals surface area contributed by atoms with E-state index in [1.807, 2.05) is 13.8 Å². The Kier molecular flexibility index (Phi) is 11.8. The van der Waals surface area contributed by atoms with Crippen LogP contribution < -0.4 is 15.2 Å². The number of carbonyl (C=O) groups is 4. The molecule has 214 valence electrons. The number of nitrogens with two attached hydrogens (primary N) is 1. The average molecular weight is 538 g/mol. The van der Waals surface area contributed by atoms with Gasteiger partial charge in [0, 0.05) is 5.92 Å². The second-order valence-electron chi connectivity index (χ2n) is 11.0. The molecule has 3 N–H and O–H groups in total. The van der Waals surface area contributed by atoms with E-state index in [1.54, 1.807) is 54.5 Å². The Hall–Kier alpha value is -3.14. The second kappa shape index (κ2) is 13.6. The van der Waals surface area contributed by atoms with Crippen LogP contribution in [0, 0.1) is 10.8 Å². The van der Waals surface area contributed by atoms with E-state index >= 15 is 0 Å². The van der Waals surface area contributed by atoms with Crippen molar-refractivity contribution in [1.29, 1.82) is 0 Å². The lowest BCUT2D eigenvalue weighted by molar-refractivity contribution is -0.147. The van der Waals surface area contributed by atoms with Crippen LogP contribution in [-0.2, 0) is 23.9 Å². The lowest BCUT2D eigenvalue weighted by Gasteiger charge is -2.27. The molecule has 1 aromatic carbocycles. The van der Waals surface area contributed by atoms with Gasteiger partial charge < -0.3 is 29.8 Å². The second-order valence-corrected chi connectivity index (χ2v) is 11.0. The van der Waals surface area contributed by atoms with Gasteiger partial charge in [0.05, 0.1) is 16.9 Å². The molecule has 38 heavy (non-hydrogen) atoms. The van der Waals surface area contributed by atoms with Crippen molar-refractivity contribution in [1.82, 2.24) is 0 Å². The normalized spacial score (nSPS) is 14.3. The molecular formula is C28H43NO9. The SMILES string of the molecule is CCC(C)(C)C(=O)Oc1ccc(C(CC(C)OC(=O)OC(C)C)[C@H](N)C(=O)O)cc1OC(=O)C(C)(C)CC. The molecule has 0 aliphatic heterocycles. The van der Waals surface area contributed by atoms with E-state index in [0.29, 0.717) is 18.4 Å². The van der Waals surface area contributed by atoms with Crippen molar-refractivity contribution < 1.29 is 43.2 Å². The predicted molar refractivity (Wildman–Crippen MR) is 141 cm³/mol. The van der Waals surface area contributed by atoms with E-state index in [2.05, 4.69) is 0 Å². The van der Waals surface area contributed by atoms with E-state index in [4.69, 9.17) is 24.7 Å². The molecule has 0 aliphatic rings. The molecule has 3 atom stereocenters. The fraction of sp³-hybridized carbons (Fsp3) is 0.643. The van der Waals surface area contributed by atoms with Gasteiger partial charge in [-0.1, -0.05) is 19.9 Å². The molecule has 0 saturated carbocycles. The van der Waals surface area contributed by atoms with Crippen LogP contribution >= 0.6 is 0 Å². The molecule has 10 heteroatoms. The molecular weight excluding hydrogens is 494 g/mol. The van der Waals surface area contributed by atoms with Gasteiger partial charge in [0.25, 0.3) is 0 Å². The first-order chi connectivity index (χ1) is 17.4. The van der Waals surface area contributed by atoms with Gasteiger partial charge in [0.2, 0.25) is 0 Å². The van der Waals surface area contributed by atoms with Crippen molar-refractivity contribution in [2.45, 2.75) is 106 Å². The molecule has 0 aliphatic carbocycles. The molecule has 0 saturated heterocycles. The first kappa shape index (κ1) is 32.9. The Bertz CT molecular complexity index is 1000. The van der Waals surface area contributed by atoms with Gasteiger partial charge in [-0.05, 0) is 85.4 Å². The molecule has 0 heterocycles. The van der Waals surface area contributed by atoms with Gasteiger partial charge in [0.15, 0.2) is 11.5 Å². The van der Waals surface area contributed by atoms with E-state index in [9.17, 15) is 24.3 Å². The lowest BCUT2D eigenvalue weighted by Crippen LogP contribution is -2.38. The summed E-state index contributed by atoms with van der Waals surface area (Å²) in [7, 11) is 0. The van der Waals surface area contributed by atoms with E-state index in [0.717, 1.165) is 0 Å². The summed E-state index contributed by atoms with van der Waals surface area (Å²) in [5, 5.41) is 9.66. The Labute approximate surface area is 225 Å². The Morgan fingerprint density at radius 3 is 1.82 bits per heavy atom. The number of hydrogen-bond donors (Lipinski definition) is 2. The topological polar surface area (TPSA) is 151 Å². The number of carbonyl (C=O) groups excluding carboxylic acids is 3. The van der Waals surface area contributed by atoms with E-state index < -0.39 is 53.0 Å². The number of rotatable bonds is 13. The highest BCUT2D eigenvalue weighted by atomic mass is 16.7. The first-order valence-corrected chi connectivity index (χ1v) is 12.9. The van der Waals surface area contributed by atoms with Crippen LogP contribution in [0.4, 0.5) is 4.79 Å². The number of ether oxygens (including phenoxy) is 4. The largest absolute Gasteiger partial charge is 0.508 e. The van der Waals surface area contributed by atoms with E-state index in [-0.39, 0.29) is 24.0 Å². The van der Waals surface area contributed by atoms with Crippen molar-refractivity contribution in [2.24, 2.45) is 16.6 Å². The predicted octanol–water partition coefficient (Wildman–Crippen LogP) is 5.21. The number of carboxylic acid groups (broad SMARTS) is 1. The minimum atomic E-state index is -1.37. The van der Waals surface area contributed by atoms with Crippen molar-refractivity contribution in [2.75, 3.05) is 0 Å². The quantitative estimate of drug-likeness (QED) is 0.253. The van der Waals surface area contributed by atoms with Crippen LogP contribution in [0.5, 0.6) is 11.5 Å². The van der Waals surface area contributed by atoms with Gasteiger partial charge in [-0.2, -0.15) is 0 Å². The fourth-order valence-electron chi connectivity index (χ4n) is 3.14. The number of aliphatic carboxylic acids is 1. The summed E-state index contributed by atoms with van der Waals surface area (Å²) in [5.74, 6) is -3.18. The third-order valence-electron chi connectivity index (χ3n) is 6.61. The van der Waals surface area contributed by atoms with Crippen LogP contribution in [0.15, 0.2) is 18.2 Å². The molecule has 2 unspecified atom stereocenters. The van der Waals surface area contributed by atoms with Gasteiger partial charge >= 0.3 is 24.1 Å². The maximum absolute atomic E-state index is 12.9. The van der Waals surface area contributed by atoms with Gasteiger partial charge in [-0.3, -0.25) is 14.4 Å². The lowest BCUT2D eigenvalue weighted by atomic mass is 9.86. The minimum Gasteiger partial charge on any atom is -0.480 e. The van der Waals surface area contributed by atoms with Gasteiger partial charge in [0.1, 0.15) is 12.1 Å². The third-order valence-corrected chi connectivity index (χ3v) is 6.61. The number of benzene rings is 1. The fourth-order valence-corrected chi connectivity index (χ4v) is 3.14. The van der Waals surface area contributed by atoms with Crippen LogP contribution in [0.3, 0.4) is 0 Å². The Morgan fingerprint density at radius 1 is 0.868 bits per heavy atom. The molecule has 0 radical (unpaired) electrons. The first-order valence-electron chi connectivity index (χ1n) is 12.9. The zero-order valence-corrected chi connectivity index (χ0v) is 24.0. The highest BCUT2D eigenvalue weighted by molar-refractivity contribution is 5.81. The van der Waals surface area contributed by atoms with Crippen LogP contribution in [-0.4, -0.2) is 47.4 Å². The monoisotopic (exact) mass is 537 g/mol. The molecule has 1 rings (SSSR count). The standard InChI is InChI=1S/C28H43NO9/c1-10-27(6,7)24(32)37-20-13-12-18(15-21(20)38-25(33)28(8,9)11-2)19(22(29)23(30)31)14-17(5)36-26(34)35-16(3)4/h12-13,15-17,19,22H,10-11,14,29H2,1-9H3,(H,30,31)/t17?,19?,22-/m0/s1. The van der Waals surface area contributed by atoms with Gasteiger partial charge in [-0.15, -0.1) is 0 Å². The maximum Gasteiger partial charge on any atom is 0.508 e. The van der Waals surface area contributed by atoms with Crippen molar-refractivity contribution in [3.63, 3.8) is 0 Å². The Balaban J connectivity index is 3.48. The molecule has 0 bridgehead atoms. The summed E-state index contributed by atoms with van der Waals surface area (Å²) in [6, 6.07) is 3.07. The van der Waals surface area contributed by atoms with E-state index in [1.165, 1.54) is 12.1 Å². The molecule has 0 fully saturated rings. The highest BCUT2D eigenvalue weighted by Crippen LogP contribution is 2.37. The number of hydrogen-bond acceptors (Lipinski definition) is 9. The van der Waals surface area contributed by atoms with Crippen molar-refractivity contribution in [3.8, 4) is 11.5 Å². The summed E-state index contributed by atoms with van der Waals surface area (Å²) in [5.41, 5.74) is 4.82.